The second-order valence-electron chi connectivity index (χ2n) is 5.48. The molecule has 21 heavy (non-hydrogen) atoms. The number of amides is 1. The van der Waals surface area contributed by atoms with Gasteiger partial charge in [-0.1, -0.05) is 37.6 Å². The summed E-state index contributed by atoms with van der Waals surface area (Å²) in [6, 6.07) is 7.77. The van der Waals surface area contributed by atoms with Crippen LogP contribution in [0.15, 0.2) is 24.3 Å². The summed E-state index contributed by atoms with van der Waals surface area (Å²) in [4.78, 5) is 23.2. The van der Waals surface area contributed by atoms with Crippen molar-refractivity contribution in [3.05, 3.63) is 35.4 Å². The number of rotatable bonds is 6. The lowest BCUT2D eigenvalue weighted by Gasteiger charge is -2.25. The molecule has 1 aliphatic rings. The van der Waals surface area contributed by atoms with Crippen molar-refractivity contribution in [3.8, 4) is 0 Å². The SMILES string of the molecule is CCCC(CNC(=O)[C@@H]1Cc2ccccc2CN1)C(=O)O. The van der Waals surface area contributed by atoms with Gasteiger partial charge in [0, 0.05) is 13.1 Å². The largest absolute Gasteiger partial charge is 0.481 e. The number of carbonyl (C=O) groups excluding carboxylic acids is 1. The molecule has 0 aliphatic carbocycles. The van der Waals surface area contributed by atoms with Gasteiger partial charge >= 0.3 is 5.97 Å². The Bertz CT molecular complexity index is 516. The maximum atomic E-state index is 12.2. The van der Waals surface area contributed by atoms with Crippen molar-refractivity contribution in [3.63, 3.8) is 0 Å². The van der Waals surface area contributed by atoms with Gasteiger partial charge in [-0.25, -0.2) is 0 Å². The van der Waals surface area contributed by atoms with Crippen LogP contribution < -0.4 is 10.6 Å². The molecular formula is C16H22N2O3. The molecule has 1 aliphatic heterocycles. The van der Waals surface area contributed by atoms with E-state index in [9.17, 15) is 9.59 Å². The van der Waals surface area contributed by atoms with Gasteiger partial charge in [-0.15, -0.1) is 0 Å². The first-order valence-corrected chi connectivity index (χ1v) is 7.42. The van der Waals surface area contributed by atoms with Crippen LogP contribution in [-0.2, 0) is 22.6 Å². The topological polar surface area (TPSA) is 78.4 Å². The zero-order chi connectivity index (χ0) is 15.2. The maximum Gasteiger partial charge on any atom is 0.308 e. The van der Waals surface area contributed by atoms with Gasteiger partial charge < -0.3 is 15.7 Å². The Kier molecular flexibility index (Phi) is 5.33. The third-order valence-corrected chi connectivity index (χ3v) is 3.91. The Labute approximate surface area is 124 Å². The molecule has 1 heterocycles. The Morgan fingerprint density at radius 3 is 2.76 bits per heavy atom. The fourth-order valence-corrected chi connectivity index (χ4v) is 2.65. The van der Waals surface area contributed by atoms with Gasteiger partial charge in [-0.05, 0) is 24.0 Å². The maximum absolute atomic E-state index is 12.2. The van der Waals surface area contributed by atoms with Crippen LogP contribution in [0.25, 0.3) is 0 Å². The predicted octanol–water partition coefficient (Wildman–Crippen LogP) is 1.32. The normalized spacial score (nSPS) is 18.6. The molecule has 5 nitrogen and oxygen atoms in total. The van der Waals surface area contributed by atoms with Crippen LogP contribution in [0.1, 0.15) is 30.9 Å². The summed E-state index contributed by atoms with van der Waals surface area (Å²) in [6.07, 6.45) is 2.02. The number of carbonyl (C=O) groups is 2. The lowest BCUT2D eigenvalue weighted by atomic mass is 9.95. The van der Waals surface area contributed by atoms with E-state index in [0.29, 0.717) is 19.4 Å². The summed E-state index contributed by atoms with van der Waals surface area (Å²) < 4.78 is 0. The van der Waals surface area contributed by atoms with E-state index in [2.05, 4.69) is 16.7 Å². The van der Waals surface area contributed by atoms with Crippen LogP contribution >= 0.6 is 0 Å². The van der Waals surface area contributed by atoms with E-state index >= 15 is 0 Å². The van der Waals surface area contributed by atoms with Gasteiger partial charge in [0.05, 0.1) is 12.0 Å². The minimum absolute atomic E-state index is 0.119. The molecule has 1 aromatic rings. The fourth-order valence-electron chi connectivity index (χ4n) is 2.65. The van der Waals surface area contributed by atoms with E-state index in [4.69, 9.17) is 5.11 Å². The third-order valence-electron chi connectivity index (χ3n) is 3.91. The number of nitrogens with one attached hydrogen (secondary N) is 2. The van der Waals surface area contributed by atoms with Crippen LogP contribution in [0.3, 0.4) is 0 Å². The van der Waals surface area contributed by atoms with Crippen molar-refractivity contribution >= 4 is 11.9 Å². The second-order valence-corrected chi connectivity index (χ2v) is 5.48. The average Bonchev–Trinajstić information content (AvgIpc) is 2.50. The lowest BCUT2D eigenvalue weighted by molar-refractivity contribution is -0.142. The van der Waals surface area contributed by atoms with Gasteiger partial charge in [0.2, 0.25) is 5.91 Å². The summed E-state index contributed by atoms with van der Waals surface area (Å²) in [7, 11) is 0. The Morgan fingerprint density at radius 2 is 2.10 bits per heavy atom. The molecule has 3 N–H and O–H groups in total. The first-order valence-electron chi connectivity index (χ1n) is 7.42. The minimum Gasteiger partial charge on any atom is -0.481 e. The van der Waals surface area contributed by atoms with Gasteiger partial charge in [0.1, 0.15) is 0 Å². The molecule has 0 fully saturated rings. The predicted molar refractivity (Wildman–Crippen MR) is 79.8 cm³/mol. The molecule has 0 radical (unpaired) electrons. The molecule has 1 unspecified atom stereocenters. The van der Waals surface area contributed by atoms with Crippen LogP contribution in [0, 0.1) is 5.92 Å². The number of aliphatic carboxylic acids is 1. The van der Waals surface area contributed by atoms with Crippen LogP contribution in [0.5, 0.6) is 0 Å². The highest BCUT2D eigenvalue weighted by Gasteiger charge is 2.25. The van der Waals surface area contributed by atoms with Crippen molar-refractivity contribution in [2.45, 2.75) is 38.8 Å². The Balaban J connectivity index is 1.89. The molecule has 114 valence electrons. The number of hydrogen-bond acceptors (Lipinski definition) is 3. The van der Waals surface area contributed by atoms with E-state index in [-0.39, 0.29) is 18.5 Å². The zero-order valence-corrected chi connectivity index (χ0v) is 12.3. The number of hydrogen-bond donors (Lipinski definition) is 3. The summed E-state index contributed by atoms with van der Waals surface area (Å²) in [6.45, 7) is 2.81. The second kappa shape index (κ2) is 7.22. The molecule has 2 atom stereocenters. The summed E-state index contributed by atoms with van der Waals surface area (Å²) in [5.41, 5.74) is 2.40. The lowest BCUT2D eigenvalue weighted by Crippen LogP contribution is -2.49. The highest BCUT2D eigenvalue weighted by atomic mass is 16.4. The van der Waals surface area contributed by atoms with Gasteiger partial charge in [-0.2, -0.15) is 0 Å². The van der Waals surface area contributed by atoms with Gasteiger partial charge in [-0.3, -0.25) is 9.59 Å². The smallest absolute Gasteiger partial charge is 0.308 e. The molecular weight excluding hydrogens is 268 g/mol. The van der Waals surface area contributed by atoms with Crippen molar-refractivity contribution in [2.24, 2.45) is 5.92 Å². The molecule has 1 amide bonds. The summed E-state index contributed by atoms with van der Waals surface area (Å²) in [5.74, 6) is -1.47. The number of fused-ring (bicyclic) bond motifs is 1. The monoisotopic (exact) mass is 290 g/mol. The van der Waals surface area contributed by atoms with Crippen LogP contribution in [0.2, 0.25) is 0 Å². The Morgan fingerprint density at radius 1 is 1.38 bits per heavy atom. The Hall–Kier alpha value is -1.88. The zero-order valence-electron chi connectivity index (χ0n) is 12.3. The standard InChI is InChI=1S/C16H22N2O3/c1-2-5-13(16(20)21)10-18-15(19)14-8-11-6-3-4-7-12(11)9-17-14/h3-4,6-7,13-14,17H,2,5,8-10H2,1H3,(H,18,19)(H,20,21)/t13?,14-/m0/s1. The number of benzene rings is 1. The average molecular weight is 290 g/mol. The fraction of sp³-hybridized carbons (Fsp3) is 0.500. The first-order chi connectivity index (χ1) is 10.1. The minimum atomic E-state index is -0.848. The quantitative estimate of drug-likeness (QED) is 0.738. The molecule has 2 rings (SSSR count). The molecule has 1 aromatic carbocycles. The summed E-state index contributed by atoms with van der Waals surface area (Å²) >= 11 is 0. The highest BCUT2D eigenvalue weighted by molar-refractivity contribution is 5.83. The van der Waals surface area contributed by atoms with E-state index < -0.39 is 11.9 Å². The van der Waals surface area contributed by atoms with E-state index in [1.54, 1.807) is 0 Å². The van der Waals surface area contributed by atoms with Crippen molar-refractivity contribution in [1.29, 1.82) is 0 Å². The number of carboxylic acid groups (broad SMARTS) is 1. The van der Waals surface area contributed by atoms with Crippen LogP contribution in [-0.4, -0.2) is 29.6 Å². The molecule has 0 aromatic heterocycles. The van der Waals surface area contributed by atoms with Crippen LogP contribution in [0.4, 0.5) is 0 Å². The molecule has 0 saturated carbocycles. The van der Waals surface area contributed by atoms with Crippen molar-refractivity contribution in [2.75, 3.05) is 6.54 Å². The highest BCUT2D eigenvalue weighted by Crippen LogP contribution is 2.16. The van der Waals surface area contributed by atoms with E-state index in [0.717, 1.165) is 6.42 Å². The van der Waals surface area contributed by atoms with Gasteiger partial charge in [0.25, 0.3) is 0 Å². The summed E-state index contributed by atoms with van der Waals surface area (Å²) in [5, 5.41) is 15.1. The van der Waals surface area contributed by atoms with E-state index in [1.807, 2.05) is 25.1 Å². The molecule has 0 saturated heterocycles. The third kappa shape index (κ3) is 4.04. The van der Waals surface area contributed by atoms with Crippen molar-refractivity contribution < 1.29 is 14.7 Å². The molecule has 0 bridgehead atoms. The molecule has 0 spiro atoms. The van der Waals surface area contributed by atoms with Crippen molar-refractivity contribution in [1.82, 2.24) is 10.6 Å². The molecule has 5 heteroatoms. The van der Waals surface area contributed by atoms with E-state index in [1.165, 1.54) is 11.1 Å². The first kappa shape index (κ1) is 15.5. The number of carboxylic acids is 1. The van der Waals surface area contributed by atoms with Gasteiger partial charge in [0.15, 0.2) is 0 Å².